The first-order valence-corrected chi connectivity index (χ1v) is 14.3. The summed E-state index contributed by atoms with van der Waals surface area (Å²) in [4.78, 5) is 5.17. The van der Waals surface area contributed by atoms with E-state index in [4.69, 9.17) is 4.98 Å². The lowest BCUT2D eigenvalue weighted by Gasteiger charge is -2.39. The number of aromatic nitrogens is 2. The Morgan fingerprint density at radius 3 is 1.89 bits per heavy atom. The lowest BCUT2D eigenvalue weighted by Crippen LogP contribution is -2.37. The highest BCUT2D eigenvalue weighted by molar-refractivity contribution is 8.00. The van der Waals surface area contributed by atoms with Crippen molar-refractivity contribution in [2.45, 2.75) is 29.5 Å². The topological polar surface area (TPSA) is 38.0 Å². The van der Waals surface area contributed by atoms with Gasteiger partial charge in [0.2, 0.25) is 0 Å². The van der Waals surface area contributed by atoms with Gasteiger partial charge in [0.1, 0.15) is 5.54 Å². The zero-order valence-corrected chi connectivity index (χ0v) is 22.2. The summed E-state index contributed by atoms with van der Waals surface area (Å²) in [5, 5.41) is 9.84. The number of aliphatic hydroxyl groups is 1. The molecular weight excluding hydrogens is 484 g/mol. The average molecular weight is 517 g/mol. The molecule has 1 atom stereocenters. The van der Waals surface area contributed by atoms with E-state index in [9.17, 15) is 5.11 Å². The van der Waals surface area contributed by atoms with Crippen LogP contribution >= 0.6 is 11.8 Å². The monoisotopic (exact) mass is 516 g/mol. The van der Waals surface area contributed by atoms with E-state index in [0.717, 1.165) is 25.0 Å². The first kappa shape index (κ1) is 24.7. The molecule has 1 aromatic heterocycles. The van der Waals surface area contributed by atoms with E-state index in [1.165, 1.54) is 27.8 Å². The van der Waals surface area contributed by atoms with E-state index in [-0.39, 0.29) is 11.4 Å². The summed E-state index contributed by atoms with van der Waals surface area (Å²) in [6.07, 6.45) is 7.46. The Morgan fingerprint density at radius 1 is 0.763 bits per heavy atom. The Hall–Kier alpha value is -3.60. The molecule has 0 saturated heterocycles. The lowest BCUT2D eigenvalue weighted by molar-refractivity contribution is 0.322. The zero-order valence-electron chi connectivity index (χ0n) is 21.4. The third-order valence-corrected chi connectivity index (χ3v) is 9.34. The highest BCUT2D eigenvalue weighted by Gasteiger charge is 2.43. The van der Waals surface area contributed by atoms with Crippen molar-refractivity contribution in [3.05, 3.63) is 161 Å². The Kier molecular flexibility index (Phi) is 6.92. The Morgan fingerprint density at radius 2 is 1.32 bits per heavy atom. The third-order valence-electron chi connectivity index (χ3n) is 7.83. The first-order valence-electron chi connectivity index (χ1n) is 13.3. The fourth-order valence-corrected chi connectivity index (χ4v) is 7.54. The molecule has 3 nitrogen and oxygen atoms in total. The highest BCUT2D eigenvalue weighted by atomic mass is 32.2. The van der Waals surface area contributed by atoms with Crippen LogP contribution in [0.15, 0.2) is 128 Å². The van der Waals surface area contributed by atoms with Crippen LogP contribution in [0, 0.1) is 0 Å². The quantitative estimate of drug-likeness (QED) is 0.225. The largest absolute Gasteiger partial charge is 0.396 e. The molecule has 190 valence electrons. The van der Waals surface area contributed by atoms with Gasteiger partial charge in [-0.25, -0.2) is 4.98 Å². The number of hydrogen-bond donors (Lipinski definition) is 1. The van der Waals surface area contributed by atoms with Crippen molar-refractivity contribution in [3.8, 4) is 0 Å². The number of hydrogen-bond acceptors (Lipinski definition) is 3. The van der Waals surface area contributed by atoms with Crippen molar-refractivity contribution in [1.29, 1.82) is 0 Å². The Balaban J connectivity index is 1.61. The molecule has 0 saturated carbocycles. The van der Waals surface area contributed by atoms with Gasteiger partial charge < -0.3 is 9.67 Å². The Bertz CT molecular complexity index is 1390. The van der Waals surface area contributed by atoms with Crippen LogP contribution < -0.4 is 0 Å². The molecule has 1 heterocycles. The van der Waals surface area contributed by atoms with Gasteiger partial charge in [-0.15, -0.1) is 11.8 Å². The predicted molar refractivity (Wildman–Crippen MR) is 157 cm³/mol. The second kappa shape index (κ2) is 10.6. The summed E-state index contributed by atoms with van der Waals surface area (Å²) in [6.45, 7) is 0.150. The molecule has 4 heteroatoms. The second-order valence-electron chi connectivity index (χ2n) is 9.88. The van der Waals surface area contributed by atoms with Gasteiger partial charge in [0.05, 0.1) is 23.4 Å². The fourth-order valence-electron chi connectivity index (χ4n) is 6.20. The molecule has 1 aliphatic rings. The van der Waals surface area contributed by atoms with Crippen molar-refractivity contribution < 1.29 is 5.11 Å². The summed E-state index contributed by atoms with van der Waals surface area (Å²) in [7, 11) is 0. The maximum absolute atomic E-state index is 9.84. The number of nitrogens with zero attached hydrogens (tertiary/aromatic N) is 2. The van der Waals surface area contributed by atoms with Crippen molar-refractivity contribution in [2.24, 2.45) is 0 Å². The van der Waals surface area contributed by atoms with Gasteiger partial charge in [-0.3, -0.25) is 0 Å². The number of aliphatic hydroxyl groups excluding tert-OH is 1. The first-order chi connectivity index (χ1) is 18.8. The average Bonchev–Trinajstić information content (AvgIpc) is 3.49. The molecule has 1 unspecified atom stereocenters. The van der Waals surface area contributed by atoms with Crippen LogP contribution in [0.25, 0.3) is 0 Å². The molecule has 38 heavy (non-hydrogen) atoms. The van der Waals surface area contributed by atoms with Gasteiger partial charge >= 0.3 is 0 Å². The minimum Gasteiger partial charge on any atom is -0.396 e. The highest BCUT2D eigenvalue weighted by Crippen LogP contribution is 2.51. The van der Waals surface area contributed by atoms with Gasteiger partial charge in [-0.1, -0.05) is 115 Å². The molecule has 0 aliphatic heterocycles. The molecular formula is C34H32N2OS. The van der Waals surface area contributed by atoms with Crippen LogP contribution in [-0.4, -0.2) is 27.0 Å². The van der Waals surface area contributed by atoms with E-state index < -0.39 is 5.54 Å². The summed E-state index contributed by atoms with van der Waals surface area (Å²) >= 11 is 1.83. The van der Waals surface area contributed by atoms with Crippen molar-refractivity contribution in [2.75, 3.05) is 12.4 Å². The number of aryl methyl sites for hydroxylation is 1. The van der Waals surface area contributed by atoms with E-state index in [1.54, 1.807) is 0 Å². The Labute approximate surface area is 229 Å². The molecule has 1 aliphatic carbocycles. The van der Waals surface area contributed by atoms with Gasteiger partial charge in [0, 0.05) is 11.9 Å². The molecule has 5 aromatic rings. The molecule has 6 rings (SSSR count). The zero-order chi connectivity index (χ0) is 25.8. The number of benzene rings is 4. The van der Waals surface area contributed by atoms with E-state index in [0.29, 0.717) is 5.75 Å². The number of thioether (sulfide) groups is 1. The van der Waals surface area contributed by atoms with Gasteiger partial charge in [-0.05, 0) is 47.1 Å². The molecule has 0 fully saturated rings. The van der Waals surface area contributed by atoms with Crippen LogP contribution in [0.4, 0.5) is 0 Å². The molecule has 0 amide bonds. The van der Waals surface area contributed by atoms with Crippen LogP contribution in [-0.2, 0) is 16.7 Å². The number of rotatable bonds is 8. The number of imidazole rings is 1. The summed E-state index contributed by atoms with van der Waals surface area (Å²) < 4.78 is 2.01. The SMILES string of the molecule is OCCSC1(c2cn(C(c3ccccc3)(c3ccccc3)c3ccccc3)cn2)CCCc2ccccc21. The van der Waals surface area contributed by atoms with Gasteiger partial charge in [0.25, 0.3) is 0 Å². The van der Waals surface area contributed by atoms with E-state index in [2.05, 4.69) is 126 Å². The van der Waals surface area contributed by atoms with Gasteiger partial charge in [-0.2, -0.15) is 0 Å². The maximum atomic E-state index is 9.84. The summed E-state index contributed by atoms with van der Waals surface area (Å²) in [5.74, 6) is 0.669. The fraction of sp³-hybridized carbons (Fsp3) is 0.206. The lowest BCUT2D eigenvalue weighted by atomic mass is 9.76. The third kappa shape index (κ3) is 4.09. The summed E-state index contributed by atoms with van der Waals surface area (Å²) in [5.41, 5.74) is 6.73. The van der Waals surface area contributed by atoms with Crippen molar-refractivity contribution in [1.82, 2.24) is 9.55 Å². The summed E-state index contributed by atoms with van der Waals surface area (Å²) in [6, 6.07) is 41.0. The predicted octanol–water partition coefficient (Wildman–Crippen LogP) is 7.03. The smallest absolute Gasteiger partial charge is 0.121 e. The van der Waals surface area contributed by atoms with Crippen molar-refractivity contribution in [3.63, 3.8) is 0 Å². The van der Waals surface area contributed by atoms with Crippen LogP contribution in [0.1, 0.15) is 46.4 Å². The van der Waals surface area contributed by atoms with Crippen LogP contribution in [0.2, 0.25) is 0 Å². The molecule has 0 radical (unpaired) electrons. The molecule has 0 bridgehead atoms. The van der Waals surface area contributed by atoms with Crippen LogP contribution in [0.5, 0.6) is 0 Å². The van der Waals surface area contributed by atoms with E-state index in [1.807, 2.05) is 18.1 Å². The minimum absolute atomic E-state index is 0.150. The van der Waals surface area contributed by atoms with Crippen molar-refractivity contribution >= 4 is 11.8 Å². The van der Waals surface area contributed by atoms with Gasteiger partial charge in [0.15, 0.2) is 0 Å². The standard InChI is InChI=1S/C34H32N2OS/c37-23-24-38-33(22-12-14-27-13-10-11-21-31(27)33)32-25-36(26-35-32)34(28-15-4-1-5-16-28,29-17-6-2-7-18-29)30-19-8-3-9-20-30/h1-11,13,15-21,25-26,37H,12,14,22-24H2. The normalized spacial score (nSPS) is 17.2. The minimum atomic E-state index is -0.591. The van der Waals surface area contributed by atoms with E-state index >= 15 is 0 Å². The molecule has 1 N–H and O–H groups in total. The molecule has 4 aromatic carbocycles. The maximum Gasteiger partial charge on any atom is 0.121 e. The van der Waals surface area contributed by atoms with Crippen LogP contribution in [0.3, 0.4) is 0 Å². The second-order valence-corrected chi connectivity index (χ2v) is 11.3. The molecule has 0 spiro atoms. The number of fused-ring (bicyclic) bond motifs is 1.